The lowest BCUT2D eigenvalue weighted by atomic mass is 10.1. The SMILES string of the molecule is O=C(/C=C/c1ccco1)OCCCN1C(=O)c2ccccc2C1=O. The molecule has 1 aliphatic rings. The highest BCUT2D eigenvalue weighted by molar-refractivity contribution is 6.21. The van der Waals surface area contributed by atoms with E-state index in [0.29, 0.717) is 23.3 Å². The molecule has 3 rings (SSSR count). The summed E-state index contributed by atoms with van der Waals surface area (Å²) in [4.78, 5) is 37.0. The van der Waals surface area contributed by atoms with E-state index in [2.05, 4.69) is 0 Å². The Labute approximate surface area is 138 Å². The number of carbonyl (C=O) groups is 3. The minimum absolute atomic E-state index is 0.120. The largest absolute Gasteiger partial charge is 0.465 e. The molecule has 0 saturated heterocycles. The Morgan fingerprint density at radius 3 is 2.42 bits per heavy atom. The number of hydrogen-bond acceptors (Lipinski definition) is 5. The number of carbonyl (C=O) groups excluding carboxylic acids is 3. The van der Waals surface area contributed by atoms with Crippen molar-refractivity contribution in [1.82, 2.24) is 4.90 Å². The third-order valence-corrected chi connectivity index (χ3v) is 3.58. The van der Waals surface area contributed by atoms with Crippen molar-refractivity contribution in [2.24, 2.45) is 0 Å². The van der Waals surface area contributed by atoms with Gasteiger partial charge in [-0.15, -0.1) is 0 Å². The first-order chi connectivity index (χ1) is 11.7. The maximum atomic E-state index is 12.1. The number of amides is 2. The van der Waals surface area contributed by atoms with Gasteiger partial charge >= 0.3 is 5.97 Å². The number of furan rings is 1. The van der Waals surface area contributed by atoms with Crippen molar-refractivity contribution in [3.05, 3.63) is 65.6 Å². The minimum atomic E-state index is -0.506. The molecule has 0 spiro atoms. The predicted octanol–water partition coefficient (Wildman–Crippen LogP) is 2.52. The highest BCUT2D eigenvalue weighted by atomic mass is 16.5. The molecular formula is C18H15NO5. The van der Waals surface area contributed by atoms with Crippen molar-refractivity contribution in [1.29, 1.82) is 0 Å². The molecule has 0 aliphatic carbocycles. The summed E-state index contributed by atoms with van der Waals surface area (Å²) in [7, 11) is 0. The van der Waals surface area contributed by atoms with Gasteiger partial charge in [0.15, 0.2) is 0 Å². The molecule has 1 aliphatic heterocycles. The highest BCUT2D eigenvalue weighted by Gasteiger charge is 2.34. The summed E-state index contributed by atoms with van der Waals surface area (Å²) < 4.78 is 10.1. The van der Waals surface area contributed by atoms with Gasteiger partial charge in [-0.25, -0.2) is 4.79 Å². The molecule has 0 bridgehead atoms. The summed E-state index contributed by atoms with van der Waals surface area (Å²) in [5, 5.41) is 0. The number of fused-ring (bicyclic) bond motifs is 1. The zero-order valence-electron chi connectivity index (χ0n) is 12.8. The van der Waals surface area contributed by atoms with E-state index in [1.54, 1.807) is 36.4 Å². The van der Waals surface area contributed by atoms with Gasteiger partial charge in [-0.3, -0.25) is 14.5 Å². The molecule has 0 unspecified atom stereocenters. The van der Waals surface area contributed by atoms with E-state index < -0.39 is 5.97 Å². The molecule has 24 heavy (non-hydrogen) atoms. The van der Waals surface area contributed by atoms with Gasteiger partial charge < -0.3 is 9.15 Å². The number of esters is 1. The zero-order chi connectivity index (χ0) is 16.9. The predicted molar refractivity (Wildman–Crippen MR) is 85.1 cm³/mol. The number of ether oxygens (including phenoxy) is 1. The maximum absolute atomic E-state index is 12.1. The van der Waals surface area contributed by atoms with Gasteiger partial charge in [0.2, 0.25) is 0 Å². The molecular weight excluding hydrogens is 310 g/mol. The number of nitrogens with zero attached hydrogens (tertiary/aromatic N) is 1. The molecule has 0 saturated carbocycles. The standard InChI is InChI=1S/C18H15NO5/c20-16(9-8-13-5-3-11-23-13)24-12-4-10-19-17(21)14-6-1-2-7-15(14)18(19)22/h1-3,5-9,11H,4,10,12H2/b9-8+. The monoisotopic (exact) mass is 325 g/mol. The first-order valence-electron chi connectivity index (χ1n) is 7.50. The molecule has 122 valence electrons. The second-order valence-electron chi connectivity index (χ2n) is 5.18. The second kappa shape index (κ2) is 6.95. The van der Waals surface area contributed by atoms with Crippen LogP contribution in [0.5, 0.6) is 0 Å². The Bertz CT molecular complexity index is 757. The molecule has 1 aromatic carbocycles. The van der Waals surface area contributed by atoms with Gasteiger partial charge in [0.25, 0.3) is 11.8 Å². The van der Waals surface area contributed by atoms with E-state index in [1.165, 1.54) is 23.3 Å². The number of imide groups is 1. The van der Waals surface area contributed by atoms with Gasteiger partial charge in [0, 0.05) is 12.6 Å². The highest BCUT2D eigenvalue weighted by Crippen LogP contribution is 2.22. The van der Waals surface area contributed by atoms with Crippen LogP contribution in [0.1, 0.15) is 32.9 Å². The molecule has 6 nitrogen and oxygen atoms in total. The lowest BCUT2D eigenvalue weighted by Crippen LogP contribution is -2.31. The number of rotatable bonds is 6. The molecule has 2 amide bonds. The topological polar surface area (TPSA) is 76.8 Å². The Hall–Kier alpha value is -3.15. The molecule has 2 heterocycles. The number of benzene rings is 1. The summed E-state index contributed by atoms with van der Waals surface area (Å²) in [6.07, 6.45) is 4.66. The van der Waals surface area contributed by atoms with Gasteiger partial charge in [-0.05, 0) is 36.8 Å². The van der Waals surface area contributed by atoms with E-state index >= 15 is 0 Å². The fraction of sp³-hybridized carbons (Fsp3) is 0.167. The van der Waals surface area contributed by atoms with Crippen LogP contribution in [0.4, 0.5) is 0 Å². The van der Waals surface area contributed by atoms with Crippen LogP contribution in [0.25, 0.3) is 6.08 Å². The second-order valence-corrected chi connectivity index (χ2v) is 5.18. The van der Waals surface area contributed by atoms with Crippen molar-refractivity contribution < 1.29 is 23.5 Å². The fourth-order valence-electron chi connectivity index (χ4n) is 2.42. The maximum Gasteiger partial charge on any atom is 0.330 e. The normalized spacial score (nSPS) is 13.6. The summed E-state index contributed by atoms with van der Waals surface area (Å²) in [5.41, 5.74) is 0.835. The summed E-state index contributed by atoms with van der Waals surface area (Å²) >= 11 is 0. The summed E-state index contributed by atoms with van der Waals surface area (Å²) in [6, 6.07) is 10.1. The lowest BCUT2D eigenvalue weighted by molar-refractivity contribution is -0.137. The van der Waals surface area contributed by atoms with Crippen molar-refractivity contribution in [2.45, 2.75) is 6.42 Å². The molecule has 0 N–H and O–H groups in total. The Balaban J connectivity index is 1.45. The van der Waals surface area contributed by atoms with Gasteiger partial charge in [-0.2, -0.15) is 0 Å². The average Bonchev–Trinajstić information content (AvgIpc) is 3.19. The van der Waals surface area contributed by atoms with Crippen LogP contribution < -0.4 is 0 Å². The van der Waals surface area contributed by atoms with Crippen molar-refractivity contribution in [2.75, 3.05) is 13.2 Å². The van der Waals surface area contributed by atoms with Crippen LogP contribution in [0.15, 0.2) is 53.2 Å². The molecule has 6 heteroatoms. The molecule has 0 fully saturated rings. The van der Waals surface area contributed by atoms with E-state index in [9.17, 15) is 14.4 Å². The summed E-state index contributed by atoms with van der Waals surface area (Å²) in [5.74, 6) is -0.564. The van der Waals surface area contributed by atoms with Crippen LogP contribution in [-0.2, 0) is 9.53 Å². The van der Waals surface area contributed by atoms with Gasteiger partial charge in [0.05, 0.1) is 24.0 Å². The van der Waals surface area contributed by atoms with Crippen LogP contribution >= 0.6 is 0 Å². The molecule has 1 aromatic heterocycles. The first kappa shape index (κ1) is 15.7. The Morgan fingerprint density at radius 2 is 1.79 bits per heavy atom. The van der Waals surface area contributed by atoms with Crippen LogP contribution in [0.2, 0.25) is 0 Å². The van der Waals surface area contributed by atoms with E-state index in [1.807, 2.05) is 0 Å². The third-order valence-electron chi connectivity index (χ3n) is 3.58. The van der Waals surface area contributed by atoms with E-state index in [0.717, 1.165) is 0 Å². The van der Waals surface area contributed by atoms with Crippen LogP contribution in [0, 0.1) is 0 Å². The lowest BCUT2D eigenvalue weighted by Gasteiger charge is -2.13. The summed E-state index contributed by atoms with van der Waals surface area (Å²) in [6.45, 7) is 0.330. The van der Waals surface area contributed by atoms with E-state index in [4.69, 9.17) is 9.15 Å². The van der Waals surface area contributed by atoms with Crippen LogP contribution in [-0.4, -0.2) is 35.8 Å². The Morgan fingerprint density at radius 1 is 1.08 bits per heavy atom. The number of hydrogen-bond donors (Lipinski definition) is 0. The molecule has 0 radical (unpaired) electrons. The fourth-order valence-corrected chi connectivity index (χ4v) is 2.42. The third kappa shape index (κ3) is 3.27. The molecule has 0 atom stereocenters. The van der Waals surface area contributed by atoms with Crippen molar-refractivity contribution >= 4 is 23.9 Å². The van der Waals surface area contributed by atoms with Gasteiger partial charge in [-0.1, -0.05) is 12.1 Å². The van der Waals surface area contributed by atoms with Crippen LogP contribution in [0.3, 0.4) is 0 Å². The zero-order valence-corrected chi connectivity index (χ0v) is 12.8. The van der Waals surface area contributed by atoms with Crippen molar-refractivity contribution in [3.8, 4) is 0 Å². The minimum Gasteiger partial charge on any atom is -0.465 e. The quantitative estimate of drug-likeness (QED) is 0.353. The molecule has 2 aromatic rings. The first-order valence-corrected chi connectivity index (χ1v) is 7.50. The van der Waals surface area contributed by atoms with Crippen molar-refractivity contribution in [3.63, 3.8) is 0 Å². The Kier molecular flexibility index (Phi) is 4.56. The average molecular weight is 325 g/mol. The van der Waals surface area contributed by atoms with E-state index in [-0.39, 0.29) is 25.0 Å². The van der Waals surface area contributed by atoms with Gasteiger partial charge in [0.1, 0.15) is 5.76 Å². The smallest absolute Gasteiger partial charge is 0.330 e.